The van der Waals surface area contributed by atoms with Gasteiger partial charge in [-0.1, -0.05) is 12.1 Å². The van der Waals surface area contributed by atoms with E-state index in [1.54, 1.807) is 6.07 Å². The van der Waals surface area contributed by atoms with Gasteiger partial charge in [0.1, 0.15) is 0 Å². The van der Waals surface area contributed by atoms with Gasteiger partial charge in [0, 0.05) is 24.5 Å². The minimum absolute atomic E-state index is 0.157. The largest absolute Gasteiger partial charge is 0.289 e. The number of nitro groups is 1. The number of para-hydroxylation sites is 1. The number of hydrogen-bond donors (Lipinski definition) is 0. The summed E-state index contributed by atoms with van der Waals surface area (Å²) in [6.45, 7) is 0.157. The van der Waals surface area contributed by atoms with Crippen molar-refractivity contribution in [2.75, 3.05) is 7.05 Å². The van der Waals surface area contributed by atoms with Crippen LogP contribution in [-0.2, 0) is 16.6 Å². The third kappa shape index (κ3) is 3.49. The van der Waals surface area contributed by atoms with Crippen molar-refractivity contribution in [3.63, 3.8) is 0 Å². The molecule has 0 N–H and O–H groups in total. The summed E-state index contributed by atoms with van der Waals surface area (Å²) in [6.07, 6.45) is 0. The molecule has 0 saturated heterocycles. The molecule has 2 aromatic rings. The zero-order valence-electron chi connectivity index (χ0n) is 10.9. The van der Waals surface area contributed by atoms with E-state index in [-0.39, 0.29) is 11.4 Å². The zero-order valence-corrected chi connectivity index (χ0v) is 14.1. The van der Waals surface area contributed by atoms with Gasteiger partial charge in [-0.2, -0.15) is 4.31 Å². The van der Waals surface area contributed by atoms with Gasteiger partial charge in [-0.15, -0.1) is 11.3 Å². The fourth-order valence-electron chi connectivity index (χ4n) is 1.74. The summed E-state index contributed by atoms with van der Waals surface area (Å²) in [4.78, 5) is 10.8. The van der Waals surface area contributed by atoms with Crippen LogP contribution in [-0.4, -0.2) is 24.7 Å². The van der Waals surface area contributed by atoms with Crippen LogP contribution in [0, 0.1) is 10.1 Å². The molecule has 0 aliphatic rings. The summed E-state index contributed by atoms with van der Waals surface area (Å²) in [6, 6.07) is 8.96. The van der Waals surface area contributed by atoms with Crippen molar-refractivity contribution < 1.29 is 13.3 Å². The standard InChI is InChI=1S/C12H11BrN2O4S2/c1-14(8-9-6-7-12(13)20-9)21(18,19)11-5-3-2-4-10(11)15(16)17/h2-7H,8H2,1H3. The summed E-state index contributed by atoms with van der Waals surface area (Å²) < 4.78 is 27.0. The van der Waals surface area contributed by atoms with Gasteiger partial charge < -0.3 is 0 Å². The van der Waals surface area contributed by atoms with Crippen molar-refractivity contribution in [1.29, 1.82) is 0 Å². The monoisotopic (exact) mass is 390 g/mol. The molecule has 21 heavy (non-hydrogen) atoms. The van der Waals surface area contributed by atoms with E-state index >= 15 is 0 Å². The minimum atomic E-state index is -3.92. The molecule has 0 atom stereocenters. The molecule has 0 radical (unpaired) electrons. The first-order chi connectivity index (χ1) is 9.82. The van der Waals surface area contributed by atoms with E-state index in [0.717, 1.165) is 13.0 Å². The summed E-state index contributed by atoms with van der Waals surface area (Å²) in [5.74, 6) is 0. The van der Waals surface area contributed by atoms with Crippen LogP contribution in [0.4, 0.5) is 5.69 Å². The molecule has 0 aliphatic carbocycles. The van der Waals surface area contributed by atoms with Crippen LogP contribution in [0.1, 0.15) is 4.88 Å². The summed E-state index contributed by atoms with van der Waals surface area (Å²) in [7, 11) is -2.52. The predicted molar refractivity (Wildman–Crippen MR) is 83.8 cm³/mol. The molecule has 1 aromatic heterocycles. The molecular weight excluding hydrogens is 380 g/mol. The van der Waals surface area contributed by atoms with Gasteiger partial charge in [0.05, 0.1) is 8.71 Å². The Morgan fingerprint density at radius 3 is 2.52 bits per heavy atom. The summed E-state index contributed by atoms with van der Waals surface area (Å²) in [5, 5.41) is 11.0. The lowest BCUT2D eigenvalue weighted by Crippen LogP contribution is -2.26. The number of halogens is 1. The van der Waals surface area contributed by atoms with Gasteiger partial charge in [0.25, 0.3) is 5.69 Å². The Labute approximate surface area is 134 Å². The zero-order chi connectivity index (χ0) is 15.6. The number of thiophene rings is 1. The second-order valence-electron chi connectivity index (χ2n) is 4.19. The highest BCUT2D eigenvalue weighted by atomic mass is 79.9. The molecule has 0 saturated carbocycles. The maximum Gasteiger partial charge on any atom is 0.289 e. The quantitative estimate of drug-likeness (QED) is 0.579. The Kier molecular flexibility index (Phi) is 4.77. The molecule has 6 nitrogen and oxygen atoms in total. The third-order valence-corrected chi connectivity index (χ3v) is 6.22. The fraction of sp³-hybridized carbons (Fsp3) is 0.167. The number of nitrogens with zero attached hydrogens (tertiary/aromatic N) is 2. The Morgan fingerprint density at radius 1 is 1.29 bits per heavy atom. The molecule has 0 unspecified atom stereocenters. The molecule has 1 heterocycles. The Morgan fingerprint density at radius 2 is 1.95 bits per heavy atom. The van der Waals surface area contributed by atoms with Gasteiger partial charge in [-0.3, -0.25) is 10.1 Å². The Hall–Kier alpha value is -1.29. The van der Waals surface area contributed by atoms with Crippen LogP contribution < -0.4 is 0 Å². The number of benzene rings is 1. The van der Waals surface area contributed by atoms with Crippen molar-refractivity contribution in [3.05, 3.63) is 55.2 Å². The first-order valence-corrected chi connectivity index (χ1v) is 8.81. The molecule has 0 aliphatic heterocycles. The molecule has 9 heteroatoms. The van der Waals surface area contributed by atoms with E-state index in [0.29, 0.717) is 0 Å². The second kappa shape index (κ2) is 6.22. The number of sulfonamides is 1. The van der Waals surface area contributed by atoms with E-state index in [4.69, 9.17) is 0 Å². The maximum atomic E-state index is 12.5. The van der Waals surface area contributed by atoms with Crippen molar-refractivity contribution in [2.45, 2.75) is 11.4 Å². The molecule has 2 rings (SSSR count). The van der Waals surface area contributed by atoms with Crippen molar-refractivity contribution in [2.24, 2.45) is 0 Å². The van der Waals surface area contributed by atoms with Gasteiger partial charge in [0.15, 0.2) is 4.90 Å². The molecule has 0 bridgehead atoms. The van der Waals surface area contributed by atoms with E-state index in [2.05, 4.69) is 15.9 Å². The second-order valence-corrected chi connectivity index (χ2v) is 8.75. The number of hydrogen-bond acceptors (Lipinski definition) is 5. The van der Waals surface area contributed by atoms with Crippen LogP contribution in [0.3, 0.4) is 0 Å². The van der Waals surface area contributed by atoms with Gasteiger partial charge in [-0.25, -0.2) is 8.42 Å². The van der Waals surface area contributed by atoms with Gasteiger partial charge in [0.2, 0.25) is 10.0 Å². The smallest absolute Gasteiger partial charge is 0.258 e. The Bertz CT molecular complexity index is 773. The molecule has 0 fully saturated rings. The van der Waals surface area contributed by atoms with Gasteiger partial charge >= 0.3 is 0 Å². The van der Waals surface area contributed by atoms with Crippen molar-refractivity contribution in [1.82, 2.24) is 4.31 Å². The van der Waals surface area contributed by atoms with E-state index in [1.807, 2.05) is 6.07 Å². The normalized spacial score (nSPS) is 11.8. The lowest BCUT2D eigenvalue weighted by molar-refractivity contribution is -0.387. The molecular formula is C12H11BrN2O4S2. The third-order valence-electron chi connectivity index (χ3n) is 2.76. The van der Waals surface area contributed by atoms with E-state index in [9.17, 15) is 18.5 Å². The number of rotatable bonds is 5. The lowest BCUT2D eigenvalue weighted by atomic mass is 10.3. The lowest BCUT2D eigenvalue weighted by Gasteiger charge is -2.16. The van der Waals surface area contributed by atoms with Crippen LogP contribution >= 0.6 is 27.3 Å². The molecule has 112 valence electrons. The first-order valence-electron chi connectivity index (χ1n) is 5.76. The maximum absolute atomic E-state index is 12.5. The first kappa shape index (κ1) is 16.1. The molecule has 0 amide bonds. The predicted octanol–water partition coefficient (Wildman–Crippen LogP) is 3.24. The highest BCUT2D eigenvalue weighted by Gasteiger charge is 2.29. The highest BCUT2D eigenvalue weighted by molar-refractivity contribution is 9.11. The molecule has 1 aromatic carbocycles. The van der Waals surface area contributed by atoms with Crippen molar-refractivity contribution in [3.8, 4) is 0 Å². The highest BCUT2D eigenvalue weighted by Crippen LogP contribution is 2.28. The van der Waals surface area contributed by atoms with E-state index in [1.165, 1.54) is 42.6 Å². The van der Waals surface area contributed by atoms with Gasteiger partial charge in [-0.05, 0) is 34.1 Å². The summed E-state index contributed by atoms with van der Waals surface area (Å²) >= 11 is 4.72. The van der Waals surface area contributed by atoms with Crippen LogP contribution in [0.5, 0.6) is 0 Å². The SMILES string of the molecule is CN(Cc1ccc(Br)s1)S(=O)(=O)c1ccccc1[N+](=O)[O-]. The average molecular weight is 391 g/mol. The fourth-order valence-corrected chi connectivity index (χ4v) is 4.66. The van der Waals surface area contributed by atoms with Crippen LogP contribution in [0.15, 0.2) is 45.1 Å². The van der Waals surface area contributed by atoms with Crippen molar-refractivity contribution >= 4 is 43.0 Å². The minimum Gasteiger partial charge on any atom is -0.258 e. The van der Waals surface area contributed by atoms with E-state index < -0.39 is 20.6 Å². The van der Waals surface area contributed by atoms with Crippen LogP contribution in [0.25, 0.3) is 0 Å². The number of nitro benzene ring substituents is 1. The average Bonchev–Trinajstić information content (AvgIpc) is 2.84. The summed E-state index contributed by atoms with van der Waals surface area (Å²) in [5.41, 5.74) is -0.420. The Balaban J connectivity index is 2.35. The van der Waals surface area contributed by atoms with Crippen LogP contribution in [0.2, 0.25) is 0 Å². The topological polar surface area (TPSA) is 80.5 Å². The molecule has 0 spiro atoms.